The van der Waals surface area contributed by atoms with E-state index in [1.54, 1.807) is 18.2 Å². The summed E-state index contributed by atoms with van der Waals surface area (Å²) >= 11 is 18.4. The molecule has 5 nitrogen and oxygen atoms in total. The van der Waals surface area contributed by atoms with Crippen LogP contribution in [0.2, 0.25) is 15.1 Å². The third-order valence-corrected chi connectivity index (χ3v) is 5.32. The van der Waals surface area contributed by atoms with Gasteiger partial charge in [-0.1, -0.05) is 40.9 Å². The standard InChI is InChI=1S/C22H17Cl3FNO4/c1-30-20-7-12(10-27-15-4-5-16(22(28)29)18(24)9-15)6-19(25)21(20)31-11-13-2-3-14(26)8-17(13)23/h2-9,27H,10-11H2,1H3,(H,28,29). The van der Waals surface area contributed by atoms with Crippen LogP contribution in [-0.4, -0.2) is 18.2 Å². The number of carboxylic acids is 1. The highest BCUT2D eigenvalue weighted by Gasteiger charge is 2.14. The highest BCUT2D eigenvalue weighted by atomic mass is 35.5. The van der Waals surface area contributed by atoms with Crippen LogP contribution in [0.5, 0.6) is 11.5 Å². The van der Waals surface area contributed by atoms with E-state index in [0.717, 1.165) is 5.56 Å². The van der Waals surface area contributed by atoms with E-state index in [9.17, 15) is 9.18 Å². The number of nitrogens with one attached hydrogen (secondary N) is 1. The zero-order chi connectivity index (χ0) is 22.5. The number of halogens is 4. The first-order valence-electron chi connectivity index (χ1n) is 8.98. The second kappa shape index (κ2) is 10.1. The summed E-state index contributed by atoms with van der Waals surface area (Å²) in [5.74, 6) is -0.769. The van der Waals surface area contributed by atoms with Gasteiger partial charge in [-0.15, -0.1) is 0 Å². The van der Waals surface area contributed by atoms with Gasteiger partial charge in [-0.05, 0) is 48.0 Å². The number of carboxylic acid groups (broad SMARTS) is 1. The average molecular weight is 485 g/mol. The van der Waals surface area contributed by atoms with Crippen molar-refractivity contribution in [2.45, 2.75) is 13.2 Å². The molecule has 9 heteroatoms. The van der Waals surface area contributed by atoms with Crippen molar-refractivity contribution in [2.24, 2.45) is 0 Å². The number of hydrogen-bond acceptors (Lipinski definition) is 4. The molecule has 0 aliphatic carbocycles. The summed E-state index contributed by atoms with van der Waals surface area (Å²) in [6.07, 6.45) is 0. The summed E-state index contributed by atoms with van der Waals surface area (Å²) in [6.45, 7) is 0.462. The van der Waals surface area contributed by atoms with Gasteiger partial charge in [0, 0.05) is 17.8 Å². The van der Waals surface area contributed by atoms with Gasteiger partial charge in [-0.2, -0.15) is 0 Å². The molecule has 3 aromatic rings. The molecule has 0 heterocycles. The Morgan fingerprint density at radius 1 is 1.03 bits per heavy atom. The lowest BCUT2D eigenvalue weighted by atomic mass is 10.1. The van der Waals surface area contributed by atoms with Gasteiger partial charge in [0.15, 0.2) is 11.5 Å². The van der Waals surface area contributed by atoms with E-state index in [0.29, 0.717) is 34.3 Å². The smallest absolute Gasteiger partial charge is 0.337 e. The zero-order valence-corrected chi connectivity index (χ0v) is 18.5. The summed E-state index contributed by atoms with van der Waals surface area (Å²) in [4.78, 5) is 11.1. The Kier molecular flexibility index (Phi) is 7.49. The van der Waals surface area contributed by atoms with Gasteiger partial charge in [0.05, 0.1) is 27.7 Å². The molecule has 0 saturated carbocycles. The quantitative estimate of drug-likeness (QED) is 0.373. The van der Waals surface area contributed by atoms with Gasteiger partial charge in [0.25, 0.3) is 0 Å². The third kappa shape index (κ3) is 5.73. The number of ether oxygens (including phenoxy) is 2. The molecule has 3 rings (SSSR count). The number of anilines is 1. The van der Waals surface area contributed by atoms with E-state index in [2.05, 4.69) is 5.32 Å². The van der Waals surface area contributed by atoms with Crippen LogP contribution >= 0.6 is 34.8 Å². The lowest BCUT2D eigenvalue weighted by Gasteiger charge is -2.15. The Hall–Kier alpha value is -2.67. The Labute approximate surface area is 193 Å². The molecule has 0 atom stereocenters. The molecule has 0 fully saturated rings. The van der Waals surface area contributed by atoms with Crippen molar-refractivity contribution in [3.05, 3.63) is 86.1 Å². The van der Waals surface area contributed by atoms with Gasteiger partial charge in [-0.25, -0.2) is 9.18 Å². The molecule has 0 aliphatic rings. The summed E-state index contributed by atoms with van der Waals surface area (Å²) in [5, 5.41) is 12.9. The van der Waals surface area contributed by atoms with Crippen LogP contribution in [0, 0.1) is 5.82 Å². The van der Waals surface area contributed by atoms with E-state index in [-0.39, 0.29) is 22.2 Å². The van der Waals surface area contributed by atoms with Crippen molar-refractivity contribution in [1.82, 2.24) is 0 Å². The van der Waals surface area contributed by atoms with Crippen molar-refractivity contribution >= 4 is 46.5 Å². The maximum Gasteiger partial charge on any atom is 0.337 e. The molecule has 0 bridgehead atoms. The minimum absolute atomic E-state index is 0.0275. The topological polar surface area (TPSA) is 67.8 Å². The van der Waals surface area contributed by atoms with Crippen LogP contribution < -0.4 is 14.8 Å². The fourth-order valence-corrected chi connectivity index (χ4v) is 3.58. The van der Waals surface area contributed by atoms with Gasteiger partial charge in [-0.3, -0.25) is 0 Å². The normalized spacial score (nSPS) is 10.6. The SMILES string of the molecule is COc1cc(CNc2ccc(C(=O)O)c(Cl)c2)cc(Cl)c1OCc1ccc(F)cc1Cl. The highest BCUT2D eigenvalue weighted by Crippen LogP contribution is 2.37. The highest BCUT2D eigenvalue weighted by molar-refractivity contribution is 6.34. The maximum absolute atomic E-state index is 13.2. The second-order valence-electron chi connectivity index (χ2n) is 6.49. The van der Waals surface area contributed by atoms with Crippen LogP contribution in [0.15, 0.2) is 48.5 Å². The van der Waals surface area contributed by atoms with Crippen molar-refractivity contribution < 1.29 is 23.8 Å². The van der Waals surface area contributed by atoms with E-state index in [1.807, 2.05) is 0 Å². The number of aromatic carboxylic acids is 1. The van der Waals surface area contributed by atoms with Gasteiger partial charge in [0.2, 0.25) is 0 Å². The number of hydrogen-bond donors (Lipinski definition) is 2. The minimum atomic E-state index is -1.09. The molecular formula is C22H17Cl3FNO4. The maximum atomic E-state index is 13.2. The molecule has 0 unspecified atom stereocenters. The van der Waals surface area contributed by atoms with Crippen molar-refractivity contribution in [3.63, 3.8) is 0 Å². The average Bonchev–Trinajstić information content (AvgIpc) is 2.72. The molecule has 31 heavy (non-hydrogen) atoms. The molecule has 0 aromatic heterocycles. The number of rotatable bonds is 8. The molecule has 0 amide bonds. The predicted molar refractivity (Wildman–Crippen MR) is 119 cm³/mol. The van der Waals surface area contributed by atoms with Crippen LogP contribution in [0.1, 0.15) is 21.5 Å². The van der Waals surface area contributed by atoms with Crippen LogP contribution in [0.4, 0.5) is 10.1 Å². The van der Waals surface area contributed by atoms with Crippen LogP contribution in [0.3, 0.4) is 0 Å². The van der Waals surface area contributed by atoms with Crippen molar-refractivity contribution in [1.29, 1.82) is 0 Å². The number of benzene rings is 3. The Balaban J connectivity index is 1.73. The molecule has 2 N–H and O–H groups in total. The van der Waals surface area contributed by atoms with E-state index in [4.69, 9.17) is 49.4 Å². The Morgan fingerprint density at radius 2 is 1.81 bits per heavy atom. The molecule has 0 spiro atoms. The first-order valence-corrected chi connectivity index (χ1v) is 10.1. The van der Waals surface area contributed by atoms with E-state index in [1.165, 1.54) is 37.4 Å². The molecule has 0 aliphatic heterocycles. The molecule has 3 aromatic carbocycles. The summed E-state index contributed by atoms with van der Waals surface area (Å²) in [7, 11) is 1.49. The van der Waals surface area contributed by atoms with Crippen molar-refractivity contribution in [2.75, 3.05) is 12.4 Å². The second-order valence-corrected chi connectivity index (χ2v) is 7.71. The van der Waals surface area contributed by atoms with Crippen LogP contribution in [0.25, 0.3) is 0 Å². The fraction of sp³-hybridized carbons (Fsp3) is 0.136. The zero-order valence-electron chi connectivity index (χ0n) is 16.2. The van der Waals surface area contributed by atoms with E-state index >= 15 is 0 Å². The predicted octanol–water partition coefficient (Wildman–Crippen LogP) is 6.68. The monoisotopic (exact) mass is 483 g/mol. The molecule has 0 radical (unpaired) electrons. The van der Waals surface area contributed by atoms with Gasteiger partial charge >= 0.3 is 5.97 Å². The Bertz CT molecular complexity index is 1120. The van der Waals surface area contributed by atoms with Crippen LogP contribution in [-0.2, 0) is 13.2 Å². The van der Waals surface area contributed by atoms with E-state index < -0.39 is 11.8 Å². The molecular weight excluding hydrogens is 468 g/mol. The Morgan fingerprint density at radius 3 is 2.45 bits per heavy atom. The summed E-state index contributed by atoms with van der Waals surface area (Å²) in [5.41, 5.74) is 2.08. The van der Waals surface area contributed by atoms with Crippen molar-refractivity contribution in [3.8, 4) is 11.5 Å². The summed E-state index contributed by atoms with van der Waals surface area (Å²) in [6, 6.07) is 12.1. The first-order chi connectivity index (χ1) is 14.8. The minimum Gasteiger partial charge on any atom is -0.493 e. The first kappa shape index (κ1) is 23.0. The number of methoxy groups -OCH3 is 1. The van der Waals surface area contributed by atoms with Gasteiger partial charge in [0.1, 0.15) is 12.4 Å². The van der Waals surface area contributed by atoms with Gasteiger partial charge < -0.3 is 19.9 Å². The largest absolute Gasteiger partial charge is 0.493 e. The molecule has 0 saturated heterocycles. The molecule has 162 valence electrons. The number of carbonyl (C=O) groups is 1. The lowest BCUT2D eigenvalue weighted by molar-refractivity contribution is 0.0697. The summed E-state index contributed by atoms with van der Waals surface area (Å²) < 4.78 is 24.4. The lowest BCUT2D eigenvalue weighted by Crippen LogP contribution is -2.04. The third-order valence-electron chi connectivity index (χ3n) is 4.37. The fourth-order valence-electron chi connectivity index (χ4n) is 2.81.